The molecule has 0 aliphatic carbocycles. The molecule has 2 aromatic rings. The van der Waals surface area contributed by atoms with Crippen LogP contribution in [0.2, 0.25) is 5.02 Å². The number of rotatable bonds is 4. The van der Waals surface area contributed by atoms with Gasteiger partial charge in [0, 0.05) is 0 Å². The van der Waals surface area contributed by atoms with E-state index in [-0.39, 0.29) is 22.8 Å². The van der Waals surface area contributed by atoms with E-state index in [4.69, 9.17) is 16.3 Å². The van der Waals surface area contributed by atoms with Crippen LogP contribution in [0.1, 0.15) is 23.0 Å². The van der Waals surface area contributed by atoms with E-state index in [0.29, 0.717) is 6.07 Å². The topological polar surface area (TPSA) is 96.1 Å². The number of hydrogen-bond acceptors (Lipinski definition) is 4. The third-order valence-electron chi connectivity index (χ3n) is 3.74. The highest BCUT2D eigenvalue weighted by Gasteiger charge is 2.36. The first-order valence-electron chi connectivity index (χ1n) is 7.47. The Kier molecular flexibility index (Phi) is 4.96. The smallest absolute Gasteiger partial charge is 0.434 e. The van der Waals surface area contributed by atoms with Crippen molar-refractivity contribution in [1.82, 2.24) is 20.8 Å². The standard InChI is InChI=1S/C15H11ClF4N4O3/c16-7-3-6(1-2-8(7)17)12(9-4-11(24-23-9)15(18,19)20)22-13(25)10-5-21-14(26)27-10/h1-4,10,12H,5H2,(H,21,26)(H,22,25)(H,23,24)/t10?,12-/m0/s1. The molecule has 1 aromatic heterocycles. The molecule has 0 radical (unpaired) electrons. The van der Waals surface area contributed by atoms with Crippen LogP contribution in [0.25, 0.3) is 0 Å². The number of alkyl halides is 3. The van der Waals surface area contributed by atoms with Gasteiger partial charge in [0.05, 0.1) is 23.3 Å². The van der Waals surface area contributed by atoms with Crippen LogP contribution >= 0.6 is 11.6 Å². The van der Waals surface area contributed by atoms with Crippen molar-refractivity contribution in [1.29, 1.82) is 0 Å². The lowest BCUT2D eigenvalue weighted by Gasteiger charge is -2.20. The number of carbonyl (C=O) groups excluding carboxylic acids is 2. The average Bonchev–Trinajstić information content (AvgIpc) is 3.24. The molecule has 2 heterocycles. The molecule has 1 aliphatic heterocycles. The Labute approximate surface area is 154 Å². The van der Waals surface area contributed by atoms with Crippen LogP contribution in [0.3, 0.4) is 0 Å². The molecule has 7 nitrogen and oxygen atoms in total. The van der Waals surface area contributed by atoms with Crippen LogP contribution in [-0.4, -0.2) is 34.8 Å². The fraction of sp³-hybridized carbons (Fsp3) is 0.267. The highest BCUT2D eigenvalue weighted by Crippen LogP contribution is 2.31. The molecule has 2 amide bonds. The zero-order valence-electron chi connectivity index (χ0n) is 13.2. The Hall–Kier alpha value is -2.82. The van der Waals surface area contributed by atoms with E-state index in [1.54, 1.807) is 0 Å². The summed E-state index contributed by atoms with van der Waals surface area (Å²) in [4.78, 5) is 23.4. The van der Waals surface area contributed by atoms with E-state index in [1.165, 1.54) is 6.07 Å². The molecular formula is C15H11ClF4N4O3. The fourth-order valence-electron chi connectivity index (χ4n) is 2.43. The van der Waals surface area contributed by atoms with Gasteiger partial charge in [-0.3, -0.25) is 9.89 Å². The average molecular weight is 407 g/mol. The monoisotopic (exact) mass is 406 g/mol. The van der Waals surface area contributed by atoms with Gasteiger partial charge in [0.15, 0.2) is 11.8 Å². The summed E-state index contributed by atoms with van der Waals surface area (Å²) < 4.78 is 56.7. The fourth-order valence-corrected chi connectivity index (χ4v) is 2.62. The number of aromatic nitrogens is 2. The summed E-state index contributed by atoms with van der Waals surface area (Å²) in [5, 5.41) is 9.84. The summed E-state index contributed by atoms with van der Waals surface area (Å²) in [5.41, 5.74) is -1.11. The molecule has 12 heteroatoms. The number of aromatic amines is 1. The maximum absolute atomic E-state index is 13.4. The summed E-state index contributed by atoms with van der Waals surface area (Å²) >= 11 is 5.73. The molecule has 1 saturated heterocycles. The SMILES string of the molecule is O=C1NCC(C(=O)N[C@@H](c2ccc(F)c(Cl)c2)c2cc(C(F)(F)F)n[nH]2)O1. The van der Waals surface area contributed by atoms with E-state index < -0.39 is 41.8 Å². The molecule has 2 atom stereocenters. The van der Waals surface area contributed by atoms with E-state index in [1.807, 2.05) is 0 Å². The number of nitrogens with one attached hydrogen (secondary N) is 3. The number of nitrogens with zero attached hydrogens (tertiary/aromatic N) is 1. The van der Waals surface area contributed by atoms with E-state index in [0.717, 1.165) is 12.1 Å². The van der Waals surface area contributed by atoms with E-state index in [9.17, 15) is 27.2 Å². The lowest BCUT2D eigenvalue weighted by atomic mass is 10.0. The first-order valence-corrected chi connectivity index (χ1v) is 7.85. The summed E-state index contributed by atoms with van der Waals surface area (Å²) in [6.45, 7) is -0.0989. The highest BCUT2D eigenvalue weighted by molar-refractivity contribution is 6.30. The van der Waals surface area contributed by atoms with Crippen molar-refractivity contribution in [2.75, 3.05) is 6.54 Å². The molecule has 0 spiro atoms. The van der Waals surface area contributed by atoms with Crippen LogP contribution in [0.15, 0.2) is 24.3 Å². The minimum atomic E-state index is -4.70. The molecule has 0 saturated carbocycles. The van der Waals surface area contributed by atoms with Crippen molar-refractivity contribution >= 4 is 23.6 Å². The minimum Gasteiger partial charge on any atom is -0.434 e. The Morgan fingerprint density at radius 1 is 1.37 bits per heavy atom. The van der Waals surface area contributed by atoms with Gasteiger partial charge in [-0.15, -0.1) is 0 Å². The molecule has 1 aliphatic rings. The Balaban J connectivity index is 1.93. The van der Waals surface area contributed by atoms with Gasteiger partial charge in [-0.05, 0) is 23.8 Å². The van der Waals surface area contributed by atoms with Gasteiger partial charge in [-0.25, -0.2) is 9.18 Å². The first kappa shape index (κ1) is 19.0. The van der Waals surface area contributed by atoms with Crippen LogP contribution in [-0.2, 0) is 15.7 Å². The molecule has 3 N–H and O–H groups in total. The second-order valence-electron chi connectivity index (χ2n) is 5.60. The van der Waals surface area contributed by atoms with Crippen molar-refractivity contribution in [3.8, 4) is 0 Å². The number of halogens is 5. The van der Waals surface area contributed by atoms with Gasteiger partial charge in [0.2, 0.25) is 0 Å². The van der Waals surface area contributed by atoms with E-state index >= 15 is 0 Å². The Morgan fingerprint density at radius 3 is 2.67 bits per heavy atom. The number of alkyl carbamates (subject to hydrolysis) is 1. The predicted octanol–water partition coefficient (Wildman–Crippen LogP) is 2.53. The predicted molar refractivity (Wildman–Crippen MR) is 83.3 cm³/mol. The highest BCUT2D eigenvalue weighted by atomic mass is 35.5. The van der Waals surface area contributed by atoms with Crippen LogP contribution < -0.4 is 10.6 Å². The summed E-state index contributed by atoms with van der Waals surface area (Å²) in [7, 11) is 0. The largest absolute Gasteiger partial charge is 0.435 e. The summed E-state index contributed by atoms with van der Waals surface area (Å²) in [5.74, 6) is -1.50. The lowest BCUT2D eigenvalue weighted by molar-refractivity contribution is -0.141. The molecular weight excluding hydrogens is 396 g/mol. The van der Waals surface area contributed by atoms with Gasteiger partial charge in [0.25, 0.3) is 5.91 Å². The van der Waals surface area contributed by atoms with Crippen molar-refractivity contribution in [2.24, 2.45) is 0 Å². The molecule has 27 heavy (non-hydrogen) atoms. The lowest BCUT2D eigenvalue weighted by Crippen LogP contribution is -2.39. The number of benzene rings is 1. The third kappa shape index (κ3) is 4.13. The van der Waals surface area contributed by atoms with Crippen molar-refractivity contribution < 1.29 is 31.9 Å². The number of carbonyl (C=O) groups is 2. The number of H-pyrrole nitrogens is 1. The van der Waals surface area contributed by atoms with Crippen LogP contribution in [0.4, 0.5) is 22.4 Å². The molecule has 0 bridgehead atoms. The zero-order chi connectivity index (χ0) is 19.8. The summed E-state index contributed by atoms with van der Waals surface area (Å²) in [6, 6.07) is 2.96. The Bertz CT molecular complexity index is 886. The van der Waals surface area contributed by atoms with Crippen LogP contribution in [0.5, 0.6) is 0 Å². The zero-order valence-corrected chi connectivity index (χ0v) is 14.0. The third-order valence-corrected chi connectivity index (χ3v) is 4.03. The second kappa shape index (κ2) is 7.06. The number of cyclic esters (lactones) is 1. The van der Waals surface area contributed by atoms with Gasteiger partial charge < -0.3 is 15.4 Å². The Morgan fingerprint density at radius 2 is 2.11 bits per heavy atom. The van der Waals surface area contributed by atoms with Crippen molar-refractivity contribution in [3.05, 3.63) is 52.1 Å². The number of ether oxygens (including phenoxy) is 1. The maximum Gasteiger partial charge on any atom is 0.435 e. The maximum atomic E-state index is 13.4. The summed E-state index contributed by atoms with van der Waals surface area (Å²) in [6.07, 6.45) is -6.66. The number of hydrogen-bond donors (Lipinski definition) is 3. The van der Waals surface area contributed by atoms with Crippen molar-refractivity contribution in [3.63, 3.8) is 0 Å². The van der Waals surface area contributed by atoms with Gasteiger partial charge in [-0.2, -0.15) is 18.3 Å². The van der Waals surface area contributed by atoms with Crippen LogP contribution in [0, 0.1) is 5.82 Å². The normalized spacial score (nSPS) is 18.0. The minimum absolute atomic E-state index is 0.0989. The van der Waals surface area contributed by atoms with Crippen molar-refractivity contribution in [2.45, 2.75) is 18.3 Å². The molecule has 1 fully saturated rings. The van der Waals surface area contributed by atoms with Gasteiger partial charge in [0.1, 0.15) is 5.82 Å². The molecule has 1 aromatic carbocycles. The van der Waals surface area contributed by atoms with E-state index in [2.05, 4.69) is 20.8 Å². The quantitative estimate of drug-likeness (QED) is 0.680. The molecule has 3 rings (SSSR count). The molecule has 1 unspecified atom stereocenters. The van der Waals surface area contributed by atoms with Gasteiger partial charge >= 0.3 is 12.3 Å². The molecule has 144 valence electrons. The second-order valence-corrected chi connectivity index (χ2v) is 6.00. The first-order chi connectivity index (χ1) is 12.6. The number of amides is 2. The van der Waals surface area contributed by atoms with Gasteiger partial charge in [-0.1, -0.05) is 17.7 Å².